The molecule has 0 aliphatic carbocycles. The second kappa shape index (κ2) is 7.73. The van der Waals surface area contributed by atoms with Gasteiger partial charge >= 0.3 is 11.9 Å². The van der Waals surface area contributed by atoms with Gasteiger partial charge in [0.1, 0.15) is 0 Å². The van der Waals surface area contributed by atoms with E-state index in [-0.39, 0.29) is 19.8 Å². The van der Waals surface area contributed by atoms with Crippen LogP contribution in [0.5, 0.6) is 0 Å². The van der Waals surface area contributed by atoms with Crippen LogP contribution in [0.4, 0.5) is 0 Å². The number of esters is 1. The lowest BCUT2D eigenvalue weighted by atomic mass is 9.74. The summed E-state index contributed by atoms with van der Waals surface area (Å²) in [5.74, 6) is -3.53. The summed E-state index contributed by atoms with van der Waals surface area (Å²) >= 11 is 0. The predicted molar refractivity (Wildman–Crippen MR) is 66.3 cm³/mol. The molecule has 0 aliphatic rings. The van der Waals surface area contributed by atoms with Crippen LogP contribution in [-0.2, 0) is 19.1 Å². The van der Waals surface area contributed by atoms with Crippen molar-refractivity contribution < 1.29 is 29.3 Å². The van der Waals surface area contributed by atoms with Gasteiger partial charge in [0.05, 0.1) is 19.6 Å². The molecule has 0 bridgehead atoms. The first-order chi connectivity index (χ1) is 8.82. The maximum atomic E-state index is 11.9. The van der Waals surface area contributed by atoms with Crippen molar-refractivity contribution in [3.63, 3.8) is 0 Å². The fraction of sp³-hybridized carbons (Fsp3) is 0.750. The molecule has 0 aromatic carbocycles. The third kappa shape index (κ3) is 4.20. The molecule has 110 valence electrons. The standard InChI is InChI=1S/C12H21NO6/c1-4-19-11(18)12(8(2)3,10(16)17)7-9(15)13-5-6-14/h8,14H,4-7H2,1-3H3,(H,13,15)(H,16,17). The Bertz CT molecular complexity index is 341. The van der Waals surface area contributed by atoms with Crippen molar-refractivity contribution >= 4 is 17.8 Å². The number of carbonyl (C=O) groups excluding carboxylic acids is 2. The predicted octanol–water partition coefficient (Wildman–Crippen LogP) is -0.225. The minimum Gasteiger partial charge on any atom is -0.480 e. The summed E-state index contributed by atoms with van der Waals surface area (Å²) in [4.78, 5) is 35.0. The SMILES string of the molecule is CCOC(=O)C(CC(=O)NCCO)(C(=O)O)C(C)C. The average Bonchev–Trinajstić information content (AvgIpc) is 2.32. The molecule has 7 heteroatoms. The summed E-state index contributed by atoms with van der Waals surface area (Å²) in [5.41, 5.74) is -1.91. The Balaban J connectivity index is 5.19. The molecule has 0 aromatic rings. The fourth-order valence-electron chi connectivity index (χ4n) is 1.69. The van der Waals surface area contributed by atoms with Gasteiger partial charge in [-0.1, -0.05) is 13.8 Å². The van der Waals surface area contributed by atoms with Crippen LogP contribution >= 0.6 is 0 Å². The van der Waals surface area contributed by atoms with Crippen LogP contribution in [-0.4, -0.2) is 47.8 Å². The summed E-state index contributed by atoms with van der Waals surface area (Å²) in [6.07, 6.45) is -0.515. The molecule has 19 heavy (non-hydrogen) atoms. The normalized spacial score (nSPS) is 13.7. The fourth-order valence-corrected chi connectivity index (χ4v) is 1.69. The zero-order valence-corrected chi connectivity index (χ0v) is 11.4. The maximum Gasteiger partial charge on any atom is 0.324 e. The highest BCUT2D eigenvalue weighted by atomic mass is 16.5. The van der Waals surface area contributed by atoms with Crippen molar-refractivity contribution in [1.82, 2.24) is 5.32 Å². The third-order valence-electron chi connectivity index (χ3n) is 2.88. The van der Waals surface area contributed by atoms with E-state index in [0.29, 0.717) is 0 Å². The van der Waals surface area contributed by atoms with Gasteiger partial charge in [-0.05, 0) is 12.8 Å². The van der Waals surface area contributed by atoms with Gasteiger partial charge < -0.3 is 20.3 Å². The van der Waals surface area contributed by atoms with Crippen LogP contribution in [0.25, 0.3) is 0 Å². The molecule has 7 nitrogen and oxygen atoms in total. The zero-order valence-electron chi connectivity index (χ0n) is 11.4. The molecular formula is C12H21NO6. The maximum absolute atomic E-state index is 11.9. The Morgan fingerprint density at radius 1 is 1.32 bits per heavy atom. The van der Waals surface area contributed by atoms with Gasteiger partial charge in [-0.3, -0.25) is 14.4 Å². The first-order valence-corrected chi connectivity index (χ1v) is 6.11. The van der Waals surface area contributed by atoms with Gasteiger partial charge in [0.25, 0.3) is 0 Å². The molecule has 0 spiro atoms. The largest absolute Gasteiger partial charge is 0.480 e. The minimum atomic E-state index is -1.91. The first-order valence-electron chi connectivity index (χ1n) is 6.11. The molecule has 0 saturated heterocycles. The van der Waals surface area contributed by atoms with E-state index in [4.69, 9.17) is 9.84 Å². The number of aliphatic carboxylic acids is 1. The van der Waals surface area contributed by atoms with E-state index in [0.717, 1.165) is 0 Å². The highest BCUT2D eigenvalue weighted by Crippen LogP contribution is 2.33. The summed E-state index contributed by atoms with van der Waals surface area (Å²) in [6.45, 7) is 4.45. The Labute approximate surface area is 111 Å². The molecule has 0 aromatic heterocycles. The monoisotopic (exact) mass is 275 g/mol. The quantitative estimate of drug-likeness (QED) is 0.417. The van der Waals surface area contributed by atoms with Crippen LogP contribution in [0, 0.1) is 11.3 Å². The Hall–Kier alpha value is -1.63. The van der Waals surface area contributed by atoms with Crippen LogP contribution in [0.15, 0.2) is 0 Å². The van der Waals surface area contributed by atoms with E-state index in [1.165, 1.54) is 0 Å². The number of aliphatic hydroxyl groups excluding tert-OH is 1. The highest BCUT2D eigenvalue weighted by molar-refractivity contribution is 6.03. The molecule has 0 radical (unpaired) electrons. The van der Waals surface area contributed by atoms with Crippen molar-refractivity contribution in [2.45, 2.75) is 27.2 Å². The van der Waals surface area contributed by atoms with Crippen molar-refractivity contribution in [3.05, 3.63) is 0 Å². The van der Waals surface area contributed by atoms with Gasteiger partial charge in [0.2, 0.25) is 5.91 Å². The van der Waals surface area contributed by atoms with Crippen LogP contribution in [0.2, 0.25) is 0 Å². The Morgan fingerprint density at radius 2 is 1.89 bits per heavy atom. The molecule has 1 amide bonds. The van der Waals surface area contributed by atoms with E-state index in [2.05, 4.69) is 5.32 Å². The van der Waals surface area contributed by atoms with Crippen molar-refractivity contribution in [1.29, 1.82) is 0 Å². The molecular weight excluding hydrogens is 254 g/mol. The van der Waals surface area contributed by atoms with E-state index in [9.17, 15) is 19.5 Å². The Morgan fingerprint density at radius 3 is 2.26 bits per heavy atom. The van der Waals surface area contributed by atoms with Crippen molar-refractivity contribution in [3.8, 4) is 0 Å². The molecule has 0 rings (SSSR count). The lowest BCUT2D eigenvalue weighted by molar-refractivity contribution is -0.174. The number of aliphatic hydroxyl groups is 1. The van der Waals surface area contributed by atoms with Gasteiger partial charge in [-0.15, -0.1) is 0 Å². The zero-order chi connectivity index (χ0) is 15.1. The molecule has 0 saturated carbocycles. The number of carboxylic acid groups (broad SMARTS) is 1. The number of nitrogens with one attached hydrogen (secondary N) is 1. The number of ether oxygens (including phenoxy) is 1. The first kappa shape index (κ1) is 17.4. The summed E-state index contributed by atoms with van der Waals surface area (Å²) in [7, 11) is 0. The number of hydrogen-bond donors (Lipinski definition) is 3. The molecule has 3 N–H and O–H groups in total. The summed E-state index contributed by atoms with van der Waals surface area (Å²) in [6, 6.07) is 0. The number of rotatable bonds is 8. The lowest BCUT2D eigenvalue weighted by Gasteiger charge is -2.30. The topological polar surface area (TPSA) is 113 Å². The Kier molecular flexibility index (Phi) is 7.06. The van der Waals surface area contributed by atoms with Gasteiger partial charge in [-0.25, -0.2) is 0 Å². The smallest absolute Gasteiger partial charge is 0.324 e. The second-order valence-corrected chi connectivity index (χ2v) is 4.40. The molecule has 0 heterocycles. The lowest BCUT2D eigenvalue weighted by Crippen LogP contribution is -2.48. The summed E-state index contributed by atoms with van der Waals surface area (Å²) < 4.78 is 4.79. The van der Waals surface area contributed by atoms with Gasteiger partial charge in [0.15, 0.2) is 5.41 Å². The van der Waals surface area contributed by atoms with E-state index >= 15 is 0 Å². The minimum absolute atomic E-state index is 0.00938. The van der Waals surface area contributed by atoms with Crippen LogP contribution in [0.3, 0.4) is 0 Å². The van der Waals surface area contributed by atoms with Crippen LogP contribution in [0.1, 0.15) is 27.2 Å². The van der Waals surface area contributed by atoms with E-state index in [1.807, 2.05) is 0 Å². The number of amides is 1. The molecule has 1 unspecified atom stereocenters. The van der Waals surface area contributed by atoms with Crippen LogP contribution < -0.4 is 5.32 Å². The molecule has 0 aliphatic heterocycles. The van der Waals surface area contributed by atoms with Crippen molar-refractivity contribution in [2.75, 3.05) is 19.8 Å². The van der Waals surface area contributed by atoms with Gasteiger partial charge in [0, 0.05) is 6.54 Å². The number of carboxylic acids is 1. The summed E-state index contributed by atoms with van der Waals surface area (Å²) in [5, 5.41) is 20.3. The van der Waals surface area contributed by atoms with E-state index in [1.54, 1.807) is 20.8 Å². The number of hydrogen-bond acceptors (Lipinski definition) is 5. The van der Waals surface area contributed by atoms with Gasteiger partial charge in [-0.2, -0.15) is 0 Å². The highest BCUT2D eigenvalue weighted by Gasteiger charge is 2.52. The second-order valence-electron chi connectivity index (χ2n) is 4.40. The molecule has 1 atom stereocenters. The molecule has 0 fully saturated rings. The average molecular weight is 275 g/mol. The number of carbonyl (C=O) groups is 3. The van der Waals surface area contributed by atoms with Crippen molar-refractivity contribution in [2.24, 2.45) is 11.3 Å². The van der Waals surface area contributed by atoms with E-state index < -0.39 is 35.6 Å². The third-order valence-corrected chi connectivity index (χ3v) is 2.88.